The zero-order chi connectivity index (χ0) is 19.8. The largest absolute Gasteiger partial charge is 0.359 e. The van der Waals surface area contributed by atoms with Gasteiger partial charge in [-0.1, -0.05) is 0 Å². The average molecular weight is 376 g/mol. The first-order valence-electron chi connectivity index (χ1n) is 9.20. The Balaban J connectivity index is 1.58. The van der Waals surface area contributed by atoms with E-state index in [4.69, 9.17) is 0 Å². The Morgan fingerprint density at radius 1 is 0.857 bits per heavy atom. The van der Waals surface area contributed by atoms with Gasteiger partial charge in [-0.15, -0.1) is 0 Å². The van der Waals surface area contributed by atoms with Crippen LogP contribution in [0, 0.1) is 0 Å². The van der Waals surface area contributed by atoms with Gasteiger partial charge in [0.05, 0.1) is 0 Å². The van der Waals surface area contributed by atoms with Crippen LogP contribution in [0.1, 0.15) is 21.6 Å². The Hall–Kier alpha value is -3.35. The van der Waals surface area contributed by atoms with E-state index in [2.05, 4.69) is 19.9 Å². The van der Waals surface area contributed by atoms with Crippen molar-refractivity contribution in [1.82, 2.24) is 24.8 Å². The maximum absolute atomic E-state index is 12.7. The van der Waals surface area contributed by atoms with Crippen LogP contribution in [0.2, 0.25) is 0 Å². The van der Waals surface area contributed by atoms with E-state index in [9.17, 15) is 4.79 Å². The Morgan fingerprint density at radius 3 is 2.04 bits per heavy atom. The molecule has 1 amide bonds. The molecule has 3 rings (SSSR count). The van der Waals surface area contributed by atoms with E-state index in [0.29, 0.717) is 12.2 Å². The molecule has 0 aromatic carbocycles. The number of pyridine rings is 2. The lowest BCUT2D eigenvalue weighted by Crippen LogP contribution is -2.30. The van der Waals surface area contributed by atoms with Crippen molar-refractivity contribution in [2.45, 2.75) is 12.8 Å². The van der Waals surface area contributed by atoms with Crippen LogP contribution in [0.4, 0.5) is 5.82 Å². The molecular formula is C21H24N6O. The second-order valence-electron chi connectivity index (χ2n) is 6.62. The van der Waals surface area contributed by atoms with Gasteiger partial charge in [0.25, 0.3) is 5.91 Å². The summed E-state index contributed by atoms with van der Waals surface area (Å²) in [5, 5.41) is 0. The van der Waals surface area contributed by atoms with Crippen LogP contribution >= 0.6 is 0 Å². The number of amides is 1. The van der Waals surface area contributed by atoms with Crippen LogP contribution in [-0.2, 0) is 12.8 Å². The lowest BCUT2D eigenvalue weighted by molar-refractivity contribution is 0.0790. The summed E-state index contributed by atoms with van der Waals surface area (Å²) in [4.78, 5) is 32.9. The maximum atomic E-state index is 12.7. The highest BCUT2D eigenvalue weighted by atomic mass is 16.2. The van der Waals surface area contributed by atoms with E-state index in [1.165, 1.54) is 11.9 Å². The summed E-state index contributed by atoms with van der Waals surface area (Å²) in [5.74, 6) is 0.621. The van der Waals surface area contributed by atoms with Crippen molar-refractivity contribution in [3.05, 3.63) is 78.3 Å². The molecule has 7 heteroatoms. The normalized spacial score (nSPS) is 10.5. The monoisotopic (exact) mass is 376 g/mol. The zero-order valence-corrected chi connectivity index (χ0v) is 16.2. The van der Waals surface area contributed by atoms with E-state index in [1.54, 1.807) is 42.8 Å². The lowest BCUT2D eigenvalue weighted by Gasteiger charge is -2.20. The van der Waals surface area contributed by atoms with Crippen molar-refractivity contribution < 1.29 is 4.79 Å². The Labute approximate surface area is 165 Å². The first kappa shape index (κ1) is 19.4. The SMILES string of the molecule is CN(CCc1ccncc1)C(=O)c1cc(N(C)CCc2ccncc2)ncn1. The summed E-state index contributed by atoms with van der Waals surface area (Å²) >= 11 is 0. The van der Waals surface area contributed by atoms with E-state index in [1.807, 2.05) is 36.2 Å². The molecule has 0 saturated heterocycles. The average Bonchev–Trinajstić information content (AvgIpc) is 2.76. The standard InChI is InChI=1S/C21H24N6O/c1-26(13-7-17-3-9-22-10-4-17)20-15-19(24-16-25-20)21(28)27(2)14-8-18-5-11-23-12-6-18/h3-6,9-12,15-16H,7-8,13-14H2,1-2H3. The number of nitrogens with zero attached hydrogens (tertiary/aromatic N) is 6. The first-order chi connectivity index (χ1) is 13.6. The topological polar surface area (TPSA) is 75.1 Å². The molecule has 0 unspecified atom stereocenters. The predicted octanol–water partition coefficient (Wildman–Crippen LogP) is 2.26. The fourth-order valence-corrected chi connectivity index (χ4v) is 2.78. The summed E-state index contributed by atoms with van der Waals surface area (Å²) in [6.45, 7) is 1.40. The van der Waals surface area contributed by atoms with Gasteiger partial charge >= 0.3 is 0 Å². The van der Waals surface area contributed by atoms with Gasteiger partial charge in [0.1, 0.15) is 17.8 Å². The molecule has 0 aliphatic rings. The fraction of sp³-hybridized carbons (Fsp3) is 0.286. The smallest absolute Gasteiger partial charge is 0.272 e. The number of rotatable bonds is 8. The van der Waals surface area contributed by atoms with Crippen molar-refractivity contribution in [3.8, 4) is 0 Å². The lowest BCUT2D eigenvalue weighted by atomic mass is 10.2. The van der Waals surface area contributed by atoms with Gasteiger partial charge in [0, 0.05) is 58.0 Å². The molecule has 7 nitrogen and oxygen atoms in total. The van der Waals surface area contributed by atoms with Crippen molar-refractivity contribution >= 4 is 11.7 Å². The quantitative estimate of drug-likeness (QED) is 0.600. The van der Waals surface area contributed by atoms with Crippen molar-refractivity contribution in [2.75, 3.05) is 32.1 Å². The molecule has 0 saturated carbocycles. The van der Waals surface area contributed by atoms with Gasteiger partial charge in [-0.2, -0.15) is 0 Å². The van der Waals surface area contributed by atoms with Crippen LogP contribution in [-0.4, -0.2) is 57.9 Å². The number of hydrogen-bond donors (Lipinski definition) is 0. The molecule has 0 spiro atoms. The van der Waals surface area contributed by atoms with Gasteiger partial charge < -0.3 is 9.80 Å². The van der Waals surface area contributed by atoms with E-state index in [0.717, 1.165) is 30.8 Å². The van der Waals surface area contributed by atoms with Gasteiger partial charge in [-0.25, -0.2) is 9.97 Å². The zero-order valence-electron chi connectivity index (χ0n) is 16.2. The highest BCUT2D eigenvalue weighted by Gasteiger charge is 2.15. The van der Waals surface area contributed by atoms with Crippen molar-refractivity contribution in [3.63, 3.8) is 0 Å². The predicted molar refractivity (Wildman–Crippen MR) is 108 cm³/mol. The van der Waals surface area contributed by atoms with E-state index in [-0.39, 0.29) is 5.91 Å². The van der Waals surface area contributed by atoms with Gasteiger partial charge in [0.2, 0.25) is 0 Å². The van der Waals surface area contributed by atoms with Crippen LogP contribution in [0.5, 0.6) is 0 Å². The fourth-order valence-electron chi connectivity index (χ4n) is 2.78. The van der Waals surface area contributed by atoms with Gasteiger partial charge in [-0.05, 0) is 48.2 Å². The maximum Gasteiger partial charge on any atom is 0.272 e. The number of carbonyl (C=O) groups excluding carboxylic acids is 1. The molecule has 28 heavy (non-hydrogen) atoms. The molecule has 0 fully saturated rings. The summed E-state index contributed by atoms with van der Waals surface area (Å²) in [6, 6.07) is 9.66. The van der Waals surface area contributed by atoms with Crippen LogP contribution in [0.3, 0.4) is 0 Å². The summed E-state index contributed by atoms with van der Waals surface area (Å²) in [6.07, 6.45) is 10.2. The highest BCUT2D eigenvalue weighted by molar-refractivity contribution is 5.92. The Morgan fingerprint density at radius 2 is 1.43 bits per heavy atom. The molecule has 0 aliphatic heterocycles. The second-order valence-corrected chi connectivity index (χ2v) is 6.62. The number of likely N-dealkylation sites (N-methyl/N-ethyl adjacent to an activating group) is 2. The number of hydrogen-bond acceptors (Lipinski definition) is 6. The molecular weight excluding hydrogens is 352 g/mol. The summed E-state index contributed by atoms with van der Waals surface area (Å²) < 4.78 is 0. The molecule has 0 N–H and O–H groups in total. The molecule has 0 bridgehead atoms. The third-order valence-corrected chi connectivity index (χ3v) is 4.58. The van der Waals surface area contributed by atoms with Crippen LogP contribution in [0.25, 0.3) is 0 Å². The number of anilines is 1. The van der Waals surface area contributed by atoms with Crippen LogP contribution < -0.4 is 4.90 Å². The van der Waals surface area contributed by atoms with Gasteiger partial charge in [0.15, 0.2) is 0 Å². The number of carbonyl (C=O) groups is 1. The molecule has 0 radical (unpaired) electrons. The van der Waals surface area contributed by atoms with E-state index < -0.39 is 0 Å². The molecule has 3 heterocycles. The van der Waals surface area contributed by atoms with Crippen molar-refractivity contribution in [1.29, 1.82) is 0 Å². The number of aromatic nitrogens is 4. The third kappa shape index (κ3) is 5.33. The minimum absolute atomic E-state index is 0.111. The molecule has 144 valence electrons. The van der Waals surface area contributed by atoms with Gasteiger partial charge in [-0.3, -0.25) is 14.8 Å². The Bertz CT molecular complexity index is 888. The molecule has 0 atom stereocenters. The third-order valence-electron chi connectivity index (χ3n) is 4.58. The van der Waals surface area contributed by atoms with Crippen LogP contribution in [0.15, 0.2) is 61.4 Å². The first-order valence-corrected chi connectivity index (χ1v) is 9.20. The molecule has 3 aromatic rings. The summed E-state index contributed by atoms with van der Waals surface area (Å²) in [5.41, 5.74) is 2.76. The highest BCUT2D eigenvalue weighted by Crippen LogP contribution is 2.12. The summed E-state index contributed by atoms with van der Waals surface area (Å²) in [7, 11) is 3.75. The molecule has 3 aromatic heterocycles. The minimum atomic E-state index is -0.111. The van der Waals surface area contributed by atoms with Crippen molar-refractivity contribution in [2.24, 2.45) is 0 Å². The minimum Gasteiger partial charge on any atom is -0.359 e. The molecule has 0 aliphatic carbocycles. The van der Waals surface area contributed by atoms with E-state index >= 15 is 0 Å². The Kier molecular flexibility index (Phi) is 6.62. The second kappa shape index (κ2) is 9.55.